The summed E-state index contributed by atoms with van der Waals surface area (Å²) in [7, 11) is 0. The van der Waals surface area contributed by atoms with Gasteiger partial charge in [-0.15, -0.1) is 0 Å². The summed E-state index contributed by atoms with van der Waals surface area (Å²) in [6, 6.07) is 5.50. The normalized spacial score (nSPS) is 17.9. The average Bonchev–Trinajstić information content (AvgIpc) is 2.60. The van der Waals surface area contributed by atoms with E-state index in [0.29, 0.717) is 23.7 Å². The third kappa shape index (κ3) is 2.64. The van der Waals surface area contributed by atoms with Crippen molar-refractivity contribution in [3.8, 4) is 17.2 Å². The summed E-state index contributed by atoms with van der Waals surface area (Å²) in [6.45, 7) is 5.86. The molecule has 0 bridgehead atoms. The van der Waals surface area contributed by atoms with Crippen LogP contribution in [0, 0.1) is 0 Å². The van der Waals surface area contributed by atoms with Crippen molar-refractivity contribution in [3.63, 3.8) is 0 Å². The maximum absolute atomic E-state index is 9.47. The fourth-order valence-electron chi connectivity index (χ4n) is 1.63. The van der Waals surface area contributed by atoms with E-state index in [9.17, 15) is 5.11 Å². The molecule has 94 valence electrons. The van der Waals surface area contributed by atoms with E-state index in [1.54, 1.807) is 0 Å². The van der Waals surface area contributed by atoms with Gasteiger partial charge in [0.15, 0.2) is 11.5 Å². The second-order valence-corrected chi connectivity index (χ2v) is 4.56. The molecule has 1 aliphatic heterocycles. The number of rotatable bonds is 4. The number of aliphatic hydroxyl groups is 1. The van der Waals surface area contributed by atoms with Gasteiger partial charge >= 0.3 is 0 Å². The average molecular weight is 238 g/mol. The van der Waals surface area contributed by atoms with Crippen molar-refractivity contribution in [3.05, 3.63) is 18.2 Å². The molecular weight excluding hydrogens is 220 g/mol. The zero-order valence-corrected chi connectivity index (χ0v) is 10.4. The van der Waals surface area contributed by atoms with Crippen molar-refractivity contribution in [2.24, 2.45) is 0 Å². The molecular formula is C13H18O4. The van der Waals surface area contributed by atoms with Crippen LogP contribution in [-0.2, 0) is 0 Å². The van der Waals surface area contributed by atoms with Crippen LogP contribution >= 0.6 is 0 Å². The Bertz CT molecular complexity index is 400. The minimum Gasteiger partial charge on any atom is -0.487 e. The molecule has 0 fully saturated rings. The highest BCUT2D eigenvalue weighted by atomic mass is 16.7. The lowest BCUT2D eigenvalue weighted by Crippen LogP contribution is -2.29. The first-order valence-electron chi connectivity index (χ1n) is 5.84. The predicted molar refractivity (Wildman–Crippen MR) is 63.6 cm³/mol. The fourth-order valence-corrected chi connectivity index (χ4v) is 1.63. The van der Waals surface area contributed by atoms with Crippen LogP contribution in [0.1, 0.15) is 27.2 Å². The van der Waals surface area contributed by atoms with Crippen LogP contribution in [0.25, 0.3) is 0 Å². The van der Waals surface area contributed by atoms with Crippen LogP contribution in [0.4, 0.5) is 0 Å². The molecule has 1 heterocycles. The molecule has 4 heteroatoms. The number of aliphatic hydroxyl groups excluding tert-OH is 1. The second-order valence-electron chi connectivity index (χ2n) is 4.56. The summed E-state index contributed by atoms with van der Waals surface area (Å²) in [4.78, 5) is 0. The van der Waals surface area contributed by atoms with Crippen LogP contribution < -0.4 is 14.2 Å². The third-order valence-electron chi connectivity index (χ3n) is 2.55. The van der Waals surface area contributed by atoms with Gasteiger partial charge in [0.25, 0.3) is 0 Å². The molecule has 0 saturated carbocycles. The van der Waals surface area contributed by atoms with E-state index in [0.717, 1.165) is 0 Å². The van der Waals surface area contributed by atoms with Crippen LogP contribution in [0.15, 0.2) is 18.2 Å². The minimum absolute atomic E-state index is 0.261. The quantitative estimate of drug-likeness (QED) is 0.874. The van der Waals surface area contributed by atoms with Crippen LogP contribution in [0.2, 0.25) is 0 Å². The summed E-state index contributed by atoms with van der Waals surface area (Å²) in [5.41, 5.74) is 0. The van der Waals surface area contributed by atoms with Crippen molar-refractivity contribution in [2.45, 2.75) is 39.1 Å². The first-order chi connectivity index (χ1) is 8.02. The van der Waals surface area contributed by atoms with Crippen LogP contribution in [0.5, 0.6) is 17.2 Å². The molecule has 1 N–H and O–H groups in total. The molecule has 0 saturated heterocycles. The topological polar surface area (TPSA) is 47.9 Å². The number of hydrogen-bond acceptors (Lipinski definition) is 4. The number of hydrogen-bond donors (Lipinski definition) is 1. The number of benzene rings is 1. The molecule has 0 spiro atoms. The van der Waals surface area contributed by atoms with Crippen molar-refractivity contribution in [2.75, 3.05) is 6.61 Å². The van der Waals surface area contributed by atoms with Crippen LogP contribution in [-0.4, -0.2) is 23.6 Å². The monoisotopic (exact) mass is 238 g/mol. The van der Waals surface area contributed by atoms with Gasteiger partial charge in [-0.2, -0.15) is 0 Å². The Labute approximate surface area is 101 Å². The lowest BCUT2D eigenvalue weighted by atomic mass is 10.3. The number of ether oxygens (including phenoxy) is 3. The smallest absolute Gasteiger partial charge is 0.246 e. The molecule has 0 aromatic heterocycles. The Hall–Kier alpha value is -1.42. The van der Waals surface area contributed by atoms with Crippen molar-refractivity contribution < 1.29 is 19.3 Å². The van der Waals surface area contributed by atoms with E-state index in [-0.39, 0.29) is 6.61 Å². The van der Waals surface area contributed by atoms with E-state index < -0.39 is 11.9 Å². The summed E-state index contributed by atoms with van der Waals surface area (Å²) in [5.74, 6) is 1.24. The molecule has 1 aliphatic rings. The van der Waals surface area contributed by atoms with Crippen LogP contribution in [0.3, 0.4) is 0 Å². The summed E-state index contributed by atoms with van der Waals surface area (Å²) >= 11 is 0. The lowest BCUT2D eigenvalue weighted by Gasteiger charge is -2.17. The number of para-hydroxylation sites is 1. The van der Waals surface area contributed by atoms with Gasteiger partial charge in [-0.05, 0) is 18.6 Å². The third-order valence-corrected chi connectivity index (χ3v) is 2.55. The minimum atomic E-state index is -0.662. The van der Waals surface area contributed by atoms with Gasteiger partial charge in [0, 0.05) is 13.8 Å². The van der Waals surface area contributed by atoms with Gasteiger partial charge in [0.1, 0.15) is 6.61 Å². The highest BCUT2D eigenvalue weighted by molar-refractivity contribution is 5.53. The first-order valence-corrected chi connectivity index (χ1v) is 5.84. The maximum atomic E-state index is 9.47. The van der Waals surface area contributed by atoms with Gasteiger partial charge in [-0.1, -0.05) is 13.0 Å². The molecule has 2 rings (SSSR count). The van der Waals surface area contributed by atoms with E-state index in [4.69, 9.17) is 14.2 Å². The highest BCUT2D eigenvalue weighted by Gasteiger charge is 2.34. The zero-order valence-electron chi connectivity index (χ0n) is 10.4. The number of fused-ring (bicyclic) bond motifs is 1. The Kier molecular flexibility index (Phi) is 3.15. The van der Waals surface area contributed by atoms with Gasteiger partial charge in [-0.25, -0.2) is 0 Å². The molecule has 0 aliphatic carbocycles. The van der Waals surface area contributed by atoms with E-state index in [1.807, 2.05) is 39.0 Å². The fraction of sp³-hybridized carbons (Fsp3) is 0.538. The van der Waals surface area contributed by atoms with Gasteiger partial charge in [-0.3, -0.25) is 0 Å². The standard InChI is InChI=1S/C13H18O4/c1-4-9(14)8-15-10-6-5-7-11-12(10)17-13(2,3)16-11/h5-7,9,14H,4,8H2,1-3H3/t9-/m0/s1. The molecule has 0 amide bonds. The van der Waals surface area contributed by atoms with Gasteiger partial charge in [0.05, 0.1) is 6.10 Å². The summed E-state index contributed by atoms with van der Waals surface area (Å²) in [6.07, 6.45) is 0.207. The lowest BCUT2D eigenvalue weighted by molar-refractivity contribution is -0.0443. The SMILES string of the molecule is CC[C@H](O)COc1cccc2c1OC(C)(C)O2. The molecule has 1 atom stereocenters. The first kappa shape index (κ1) is 12.0. The molecule has 0 unspecified atom stereocenters. The maximum Gasteiger partial charge on any atom is 0.246 e. The van der Waals surface area contributed by atoms with Crippen molar-refractivity contribution >= 4 is 0 Å². The van der Waals surface area contributed by atoms with Gasteiger partial charge < -0.3 is 19.3 Å². The van der Waals surface area contributed by atoms with E-state index in [1.165, 1.54) is 0 Å². The second kappa shape index (κ2) is 4.45. The zero-order chi connectivity index (χ0) is 12.5. The largest absolute Gasteiger partial charge is 0.487 e. The highest BCUT2D eigenvalue weighted by Crippen LogP contribution is 2.45. The van der Waals surface area contributed by atoms with E-state index in [2.05, 4.69) is 0 Å². The molecule has 17 heavy (non-hydrogen) atoms. The molecule has 4 nitrogen and oxygen atoms in total. The van der Waals surface area contributed by atoms with E-state index >= 15 is 0 Å². The Balaban J connectivity index is 2.13. The van der Waals surface area contributed by atoms with Gasteiger partial charge in [0.2, 0.25) is 11.5 Å². The molecule has 0 radical (unpaired) electrons. The van der Waals surface area contributed by atoms with Crippen molar-refractivity contribution in [1.29, 1.82) is 0 Å². The Morgan fingerprint density at radius 2 is 2.12 bits per heavy atom. The Morgan fingerprint density at radius 3 is 2.82 bits per heavy atom. The Morgan fingerprint density at radius 1 is 1.35 bits per heavy atom. The summed E-state index contributed by atoms with van der Waals surface area (Å²) < 4.78 is 16.8. The predicted octanol–water partition coefficient (Wildman–Crippen LogP) is 2.34. The molecule has 1 aromatic carbocycles. The molecule has 1 aromatic rings. The summed E-state index contributed by atoms with van der Waals surface area (Å²) in [5, 5.41) is 9.47. The van der Waals surface area contributed by atoms with Crippen molar-refractivity contribution in [1.82, 2.24) is 0 Å².